The Morgan fingerprint density at radius 3 is 2.50 bits per heavy atom. The summed E-state index contributed by atoms with van der Waals surface area (Å²) in [6.07, 6.45) is 1.83. The van der Waals surface area contributed by atoms with E-state index in [2.05, 4.69) is 17.1 Å². The molecule has 2 aromatic carbocycles. The van der Waals surface area contributed by atoms with E-state index >= 15 is 0 Å². The molecule has 0 unspecified atom stereocenters. The van der Waals surface area contributed by atoms with Crippen LogP contribution in [0.15, 0.2) is 60.0 Å². The molecular weight excluding hydrogens is 422 g/mol. The second kappa shape index (κ2) is 10.4. The third-order valence-corrected chi connectivity index (χ3v) is 6.50. The minimum absolute atomic E-state index is 0.0539. The number of carbonyl (C=O) groups excluding carboxylic acids is 2. The van der Waals surface area contributed by atoms with Crippen LogP contribution in [0.4, 0.5) is 0 Å². The molecule has 0 spiro atoms. The molecule has 3 aromatic rings. The lowest BCUT2D eigenvalue weighted by molar-refractivity contribution is -0.130. The maximum absolute atomic E-state index is 13.0. The van der Waals surface area contributed by atoms with Crippen molar-refractivity contribution in [2.24, 2.45) is 0 Å². The van der Waals surface area contributed by atoms with Crippen LogP contribution in [0.5, 0.6) is 5.75 Å². The van der Waals surface area contributed by atoms with Gasteiger partial charge in [-0.1, -0.05) is 42.5 Å². The number of nitrogens with zero attached hydrogens (tertiary/aromatic N) is 3. The van der Waals surface area contributed by atoms with Gasteiger partial charge in [0.2, 0.25) is 5.91 Å². The number of carbonyl (C=O) groups is 2. The Bertz CT molecular complexity index is 1070. The van der Waals surface area contributed by atoms with Crippen LogP contribution in [-0.2, 0) is 17.6 Å². The highest BCUT2D eigenvalue weighted by Crippen LogP contribution is 2.21. The van der Waals surface area contributed by atoms with Gasteiger partial charge in [-0.25, -0.2) is 4.98 Å². The molecule has 0 atom stereocenters. The van der Waals surface area contributed by atoms with Gasteiger partial charge in [0, 0.05) is 38.0 Å². The molecular formula is C25H27N3O3S. The molecule has 1 saturated heterocycles. The third kappa shape index (κ3) is 5.34. The van der Waals surface area contributed by atoms with Crippen LogP contribution < -0.4 is 4.74 Å². The van der Waals surface area contributed by atoms with Crippen molar-refractivity contribution in [2.75, 3.05) is 33.3 Å². The Balaban J connectivity index is 1.33. The number of thiazole rings is 1. The number of benzene rings is 2. The summed E-state index contributed by atoms with van der Waals surface area (Å²) in [4.78, 5) is 34.2. The molecule has 0 radical (unpaired) electrons. The van der Waals surface area contributed by atoms with E-state index in [0.29, 0.717) is 43.9 Å². The monoisotopic (exact) mass is 449 g/mol. The van der Waals surface area contributed by atoms with Gasteiger partial charge in [-0.3, -0.25) is 9.59 Å². The normalized spacial score (nSPS) is 14.2. The van der Waals surface area contributed by atoms with Gasteiger partial charge in [0.25, 0.3) is 5.91 Å². The molecule has 1 aliphatic rings. The first-order chi connectivity index (χ1) is 15.6. The maximum Gasteiger partial charge on any atom is 0.257 e. The van der Waals surface area contributed by atoms with Crippen LogP contribution in [0.1, 0.15) is 33.0 Å². The van der Waals surface area contributed by atoms with E-state index in [4.69, 9.17) is 4.74 Å². The third-order valence-electron chi connectivity index (χ3n) is 5.60. The minimum Gasteiger partial charge on any atom is -0.496 e. The van der Waals surface area contributed by atoms with Gasteiger partial charge >= 0.3 is 0 Å². The number of ether oxygens (including phenoxy) is 1. The molecule has 0 aliphatic carbocycles. The van der Waals surface area contributed by atoms with E-state index in [-0.39, 0.29) is 11.8 Å². The number of rotatable bonds is 6. The van der Waals surface area contributed by atoms with Crippen LogP contribution in [0.25, 0.3) is 0 Å². The summed E-state index contributed by atoms with van der Waals surface area (Å²) in [6, 6.07) is 17.5. The fourth-order valence-corrected chi connectivity index (χ4v) is 4.74. The summed E-state index contributed by atoms with van der Waals surface area (Å²) in [5.74, 6) is 0.583. The van der Waals surface area contributed by atoms with Crippen molar-refractivity contribution >= 4 is 23.2 Å². The lowest BCUT2D eigenvalue weighted by atomic mass is 10.1. The average molecular weight is 450 g/mol. The molecule has 0 N–H and O–H groups in total. The maximum atomic E-state index is 13.0. The van der Waals surface area contributed by atoms with E-state index in [1.54, 1.807) is 30.6 Å². The number of hydrogen-bond donors (Lipinski definition) is 0. The van der Waals surface area contributed by atoms with Crippen LogP contribution in [-0.4, -0.2) is 59.9 Å². The molecule has 2 amide bonds. The Labute approximate surface area is 192 Å². The number of aromatic nitrogens is 1. The molecule has 1 fully saturated rings. The Morgan fingerprint density at radius 1 is 0.969 bits per heavy atom. The van der Waals surface area contributed by atoms with Crippen molar-refractivity contribution in [1.82, 2.24) is 14.8 Å². The summed E-state index contributed by atoms with van der Waals surface area (Å²) in [7, 11) is 1.57. The summed E-state index contributed by atoms with van der Waals surface area (Å²) in [5, 5.41) is 2.99. The average Bonchev–Trinajstić information content (AvgIpc) is 3.10. The summed E-state index contributed by atoms with van der Waals surface area (Å²) < 4.78 is 5.34. The first kappa shape index (κ1) is 22.0. The largest absolute Gasteiger partial charge is 0.496 e. The van der Waals surface area contributed by atoms with Crippen molar-refractivity contribution in [3.05, 3.63) is 81.8 Å². The van der Waals surface area contributed by atoms with Crippen molar-refractivity contribution in [3.63, 3.8) is 0 Å². The van der Waals surface area contributed by atoms with Gasteiger partial charge in [-0.2, -0.15) is 0 Å². The van der Waals surface area contributed by atoms with Crippen LogP contribution in [0, 0.1) is 0 Å². The van der Waals surface area contributed by atoms with E-state index in [0.717, 1.165) is 23.5 Å². The first-order valence-electron chi connectivity index (χ1n) is 10.8. The number of amides is 2. The van der Waals surface area contributed by atoms with Gasteiger partial charge in [0.1, 0.15) is 5.75 Å². The molecule has 1 aliphatic heterocycles. The quantitative estimate of drug-likeness (QED) is 0.576. The fraction of sp³-hybridized carbons (Fsp3) is 0.320. The SMILES string of the molecule is COc1ccccc1C(=O)N1CCCN(C(=O)Cc2csc(Cc3ccccc3)n2)CC1. The number of hydrogen-bond acceptors (Lipinski definition) is 5. The second-order valence-electron chi connectivity index (χ2n) is 7.80. The van der Waals surface area contributed by atoms with Gasteiger partial charge in [0.05, 0.1) is 29.8 Å². The zero-order valence-electron chi connectivity index (χ0n) is 18.2. The minimum atomic E-state index is -0.0539. The van der Waals surface area contributed by atoms with Gasteiger partial charge in [0.15, 0.2) is 0 Å². The Kier molecular flexibility index (Phi) is 7.17. The second-order valence-corrected chi connectivity index (χ2v) is 8.74. The molecule has 1 aromatic heterocycles. The molecule has 7 heteroatoms. The Hall–Kier alpha value is -3.19. The molecule has 166 valence electrons. The predicted molar refractivity (Wildman–Crippen MR) is 125 cm³/mol. The summed E-state index contributed by atoms with van der Waals surface area (Å²) >= 11 is 1.60. The summed E-state index contributed by atoms with van der Waals surface area (Å²) in [6.45, 7) is 2.31. The van der Waals surface area contributed by atoms with E-state index in [1.165, 1.54) is 5.56 Å². The Morgan fingerprint density at radius 2 is 1.69 bits per heavy atom. The van der Waals surface area contributed by atoms with Gasteiger partial charge < -0.3 is 14.5 Å². The van der Waals surface area contributed by atoms with Crippen LogP contribution in [0.3, 0.4) is 0 Å². The topological polar surface area (TPSA) is 62.7 Å². The molecule has 32 heavy (non-hydrogen) atoms. The zero-order valence-corrected chi connectivity index (χ0v) is 19.0. The lowest BCUT2D eigenvalue weighted by Crippen LogP contribution is -2.38. The zero-order chi connectivity index (χ0) is 22.3. The standard InChI is InChI=1S/C25H27N3O3S/c1-31-22-11-6-5-10-21(22)25(30)28-13-7-12-27(14-15-28)24(29)17-20-18-32-23(26-20)16-19-8-3-2-4-9-19/h2-6,8-11,18H,7,12-17H2,1H3. The highest BCUT2D eigenvalue weighted by atomic mass is 32.1. The summed E-state index contributed by atoms with van der Waals surface area (Å²) in [5.41, 5.74) is 2.59. The lowest BCUT2D eigenvalue weighted by Gasteiger charge is -2.22. The van der Waals surface area contributed by atoms with Gasteiger partial charge in [-0.05, 0) is 24.1 Å². The molecule has 0 saturated carbocycles. The predicted octanol–water partition coefficient (Wildman–Crippen LogP) is 3.66. The fourth-order valence-electron chi connectivity index (χ4n) is 3.91. The van der Waals surface area contributed by atoms with Crippen molar-refractivity contribution in [1.29, 1.82) is 0 Å². The van der Waals surface area contributed by atoms with Crippen LogP contribution >= 0.6 is 11.3 Å². The molecule has 0 bridgehead atoms. The first-order valence-corrected chi connectivity index (χ1v) is 11.7. The van der Waals surface area contributed by atoms with E-state index in [9.17, 15) is 9.59 Å². The van der Waals surface area contributed by atoms with Gasteiger partial charge in [-0.15, -0.1) is 11.3 Å². The molecule has 4 rings (SSSR count). The van der Waals surface area contributed by atoms with Crippen molar-refractivity contribution in [3.8, 4) is 5.75 Å². The molecule has 2 heterocycles. The smallest absolute Gasteiger partial charge is 0.257 e. The number of para-hydroxylation sites is 1. The van der Waals surface area contributed by atoms with E-state index in [1.807, 2.05) is 45.5 Å². The van der Waals surface area contributed by atoms with Crippen molar-refractivity contribution in [2.45, 2.75) is 19.3 Å². The van der Waals surface area contributed by atoms with Crippen molar-refractivity contribution < 1.29 is 14.3 Å². The highest BCUT2D eigenvalue weighted by molar-refractivity contribution is 7.09. The number of methoxy groups -OCH3 is 1. The van der Waals surface area contributed by atoms with Crippen LogP contribution in [0.2, 0.25) is 0 Å². The van der Waals surface area contributed by atoms with E-state index < -0.39 is 0 Å². The highest BCUT2D eigenvalue weighted by Gasteiger charge is 2.24. The molecule has 6 nitrogen and oxygen atoms in total.